The van der Waals surface area contributed by atoms with Gasteiger partial charge in [-0.1, -0.05) is 72.5 Å². The highest BCUT2D eigenvalue weighted by Gasteiger charge is 2.28. The number of nitrogens with one attached hydrogen (secondary N) is 4. The van der Waals surface area contributed by atoms with Gasteiger partial charge in [0.05, 0.1) is 12.6 Å². The van der Waals surface area contributed by atoms with Gasteiger partial charge in [0.15, 0.2) is 0 Å². The summed E-state index contributed by atoms with van der Waals surface area (Å²) in [7, 11) is 0. The van der Waals surface area contributed by atoms with Crippen LogP contribution >= 0.6 is 0 Å². The summed E-state index contributed by atoms with van der Waals surface area (Å²) in [6, 6.07) is 24.0. The summed E-state index contributed by atoms with van der Waals surface area (Å²) in [5, 5.41) is 17.6. The molecule has 3 rings (SSSR count). The number of benzene rings is 3. The minimum absolute atomic E-state index is 0.00481. The van der Waals surface area contributed by atoms with E-state index >= 15 is 0 Å². The predicted octanol–water partition coefficient (Wildman–Crippen LogP) is 3.21. The second-order valence-corrected chi connectivity index (χ2v) is 8.89. The molecule has 1 unspecified atom stereocenters. The van der Waals surface area contributed by atoms with Gasteiger partial charge in [-0.3, -0.25) is 19.6 Å². The van der Waals surface area contributed by atoms with Gasteiger partial charge in [0, 0.05) is 17.2 Å². The molecular formula is C31H32N4O4. The molecule has 0 spiro atoms. The Morgan fingerprint density at radius 1 is 0.872 bits per heavy atom. The van der Waals surface area contributed by atoms with Gasteiger partial charge in [-0.05, 0) is 61.4 Å². The summed E-state index contributed by atoms with van der Waals surface area (Å²) in [4.78, 5) is 37.6. The molecule has 3 aromatic rings. The highest BCUT2D eigenvalue weighted by molar-refractivity contribution is 5.98. The first-order chi connectivity index (χ1) is 18.9. The minimum atomic E-state index is -1.21. The third-order valence-corrected chi connectivity index (χ3v) is 5.96. The zero-order valence-corrected chi connectivity index (χ0v) is 21.8. The summed E-state index contributed by atoms with van der Waals surface area (Å²) < 4.78 is 0. The highest BCUT2D eigenvalue weighted by atomic mass is 16.5. The highest BCUT2D eigenvalue weighted by Crippen LogP contribution is 2.10. The average molecular weight is 525 g/mol. The van der Waals surface area contributed by atoms with Gasteiger partial charge in [-0.25, -0.2) is 5.48 Å². The quantitative estimate of drug-likeness (QED) is 0.159. The molecular weight excluding hydrogens is 492 g/mol. The first-order valence-electron chi connectivity index (χ1n) is 12.5. The molecule has 0 bridgehead atoms. The molecule has 0 saturated heterocycles. The van der Waals surface area contributed by atoms with Crippen LogP contribution in [-0.4, -0.2) is 41.6 Å². The fourth-order valence-corrected chi connectivity index (χ4v) is 3.74. The summed E-state index contributed by atoms with van der Waals surface area (Å²) in [5.41, 5.74) is 4.64. The van der Waals surface area contributed by atoms with Gasteiger partial charge in [-0.15, -0.1) is 0 Å². The number of hydrogen-bond donors (Lipinski definition) is 5. The van der Waals surface area contributed by atoms with Crippen LogP contribution in [-0.2, 0) is 9.59 Å². The smallest absolute Gasteiger partial charge is 0.268 e. The third kappa shape index (κ3) is 9.27. The molecule has 0 aliphatic heterocycles. The average Bonchev–Trinajstić information content (AvgIpc) is 2.97. The molecule has 5 N–H and O–H groups in total. The van der Waals surface area contributed by atoms with Crippen LogP contribution in [0.5, 0.6) is 0 Å². The zero-order valence-electron chi connectivity index (χ0n) is 21.8. The van der Waals surface area contributed by atoms with E-state index in [0.717, 1.165) is 11.1 Å². The number of hydroxylamine groups is 1. The standard InChI is InChI=1S/C31H32N4O4/c1-22(26-15-7-4-8-16-26)32-21-28(36)33-23(2)29(31(38)35-39)34-30(37)27-19-17-25(18-20-27)14-10-9-13-24-11-5-3-6-12-24/h3-9,11-13,15-20,22-23,29,32,39H,21H2,1-2H3,(H,33,36)(H,34,37)(H,35,38)/b13-9+/t22-,23-,29?/m1/s1. The number of allylic oxidation sites excluding steroid dienone is 1. The van der Waals surface area contributed by atoms with Crippen molar-refractivity contribution in [3.63, 3.8) is 0 Å². The molecule has 0 saturated carbocycles. The first kappa shape index (κ1) is 28.9. The van der Waals surface area contributed by atoms with Crippen molar-refractivity contribution >= 4 is 23.8 Å². The fourth-order valence-electron chi connectivity index (χ4n) is 3.74. The number of amides is 3. The Bertz CT molecular complexity index is 1330. The van der Waals surface area contributed by atoms with Crippen LogP contribution < -0.4 is 21.4 Å². The summed E-state index contributed by atoms with van der Waals surface area (Å²) in [5.74, 6) is 4.20. The number of rotatable bonds is 10. The van der Waals surface area contributed by atoms with Crippen LogP contribution in [0.25, 0.3) is 6.08 Å². The van der Waals surface area contributed by atoms with Gasteiger partial charge < -0.3 is 16.0 Å². The Kier molecular flexibility index (Phi) is 11.0. The molecule has 0 radical (unpaired) electrons. The molecule has 3 amide bonds. The Morgan fingerprint density at radius 3 is 2.15 bits per heavy atom. The van der Waals surface area contributed by atoms with Crippen molar-refractivity contribution in [3.05, 3.63) is 113 Å². The molecule has 0 fully saturated rings. The molecule has 3 aromatic carbocycles. The molecule has 200 valence electrons. The summed E-state index contributed by atoms with van der Waals surface area (Å²) >= 11 is 0. The molecule has 0 aliphatic carbocycles. The van der Waals surface area contributed by atoms with Crippen LogP contribution in [0.15, 0.2) is 91.0 Å². The van der Waals surface area contributed by atoms with E-state index in [2.05, 4.69) is 27.8 Å². The van der Waals surface area contributed by atoms with E-state index in [4.69, 9.17) is 0 Å². The molecule has 8 nitrogen and oxygen atoms in total. The van der Waals surface area contributed by atoms with Gasteiger partial charge >= 0.3 is 0 Å². The molecule has 0 heterocycles. The van der Waals surface area contributed by atoms with Crippen molar-refractivity contribution in [1.82, 2.24) is 21.4 Å². The van der Waals surface area contributed by atoms with Crippen molar-refractivity contribution in [1.29, 1.82) is 0 Å². The van der Waals surface area contributed by atoms with Crippen LogP contribution in [0.4, 0.5) is 0 Å². The third-order valence-electron chi connectivity index (χ3n) is 5.96. The predicted molar refractivity (Wildman–Crippen MR) is 150 cm³/mol. The molecule has 3 atom stereocenters. The monoisotopic (exact) mass is 524 g/mol. The van der Waals surface area contributed by atoms with Crippen LogP contribution in [0.1, 0.15) is 46.9 Å². The second-order valence-electron chi connectivity index (χ2n) is 8.89. The fraction of sp³-hybridized carbons (Fsp3) is 0.194. The minimum Gasteiger partial charge on any atom is -0.350 e. The van der Waals surface area contributed by atoms with E-state index in [1.54, 1.807) is 42.7 Å². The zero-order chi connectivity index (χ0) is 28.0. The topological polar surface area (TPSA) is 120 Å². The van der Waals surface area contributed by atoms with E-state index in [1.165, 1.54) is 0 Å². The lowest BCUT2D eigenvalue weighted by Crippen LogP contribution is -2.58. The van der Waals surface area contributed by atoms with E-state index < -0.39 is 23.9 Å². The molecule has 0 aromatic heterocycles. The van der Waals surface area contributed by atoms with Gasteiger partial charge in [0.1, 0.15) is 6.04 Å². The van der Waals surface area contributed by atoms with Gasteiger partial charge in [0.25, 0.3) is 11.8 Å². The van der Waals surface area contributed by atoms with Crippen LogP contribution in [0.2, 0.25) is 0 Å². The number of carbonyl (C=O) groups is 3. The number of hydrogen-bond acceptors (Lipinski definition) is 5. The Morgan fingerprint density at radius 2 is 1.51 bits per heavy atom. The van der Waals surface area contributed by atoms with Crippen molar-refractivity contribution in [2.24, 2.45) is 0 Å². The van der Waals surface area contributed by atoms with Gasteiger partial charge in [0.2, 0.25) is 5.91 Å². The Hall–Kier alpha value is -4.71. The summed E-state index contributed by atoms with van der Waals surface area (Å²) in [6.07, 6.45) is 3.66. The van der Waals surface area contributed by atoms with Crippen molar-refractivity contribution in [3.8, 4) is 11.8 Å². The lowest BCUT2D eigenvalue weighted by molar-refractivity contribution is -0.132. The van der Waals surface area contributed by atoms with Gasteiger partial charge in [-0.2, -0.15) is 0 Å². The maximum atomic E-state index is 12.8. The van der Waals surface area contributed by atoms with E-state index in [1.807, 2.05) is 73.7 Å². The molecule has 8 heteroatoms. The lowest BCUT2D eigenvalue weighted by atomic mass is 10.1. The van der Waals surface area contributed by atoms with E-state index in [9.17, 15) is 19.6 Å². The number of carbonyl (C=O) groups excluding carboxylic acids is 3. The SMILES string of the molecule is C[C@@H](NCC(=O)N[C@H](C)C(NC(=O)c1ccc(C#C/C=C/c2ccccc2)cc1)C(=O)NO)c1ccccc1. The second kappa shape index (κ2) is 14.9. The summed E-state index contributed by atoms with van der Waals surface area (Å²) in [6.45, 7) is 3.51. The van der Waals surface area contributed by atoms with Crippen molar-refractivity contribution < 1.29 is 19.6 Å². The van der Waals surface area contributed by atoms with E-state index in [-0.39, 0.29) is 18.5 Å². The maximum absolute atomic E-state index is 12.8. The Labute approximate surface area is 228 Å². The molecule has 39 heavy (non-hydrogen) atoms. The normalized spacial score (nSPS) is 12.9. The van der Waals surface area contributed by atoms with Crippen LogP contribution in [0.3, 0.4) is 0 Å². The molecule has 0 aliphatic rings. The Balaban J connectivity index is 1.55. The van der Waals surface area contributed by atoms with E-state index in [0.29, 0.717) is 11.1 Å². The first-order valence-corrected chi connectivity index (χ1v) is 12.5. The van der Waals surface area contributed by atoms with Crippen molar-refractivity contribution in [2.75, 3.05) is 6.54 Å². The largest absolute Gasteiger partial charge is 0.350 e. The maximum Gasteiger partial charge on any atom is 0.268 e. The lowest BCUT2D eigenvalue weighted by Gasteiger charge is -2.24. The van der Waals surface area contributed by atoms with Crippen molar-refractivity contribution in [2.45, 2.75) is 32.0 Å². The van der Waals surface area contributed by atoms with Crippen LogP contribution in [0, 0.1) is 11.8 Å².